The van der Waals surface area contributed by atoms with Crippen molar-refractivity contribution in [3.8, 4) is 0 Å². The molecule has 4 heteroatoms. The van der Waals surface area contributed by atoms with Crippen molar-refractivity contribution in [1.29, 1.82) is 0 Å². The molecule has 72 valence electrons. The number of hydrogen-bond acceptors (Lipinski definition) is 1. The van der Waals surface area contributed by atoms with Crippen molar-refractivity contribution >= 4 is 0 Å². The van der Waals surface area contributed by atoms with E-state index in [4.69, 9.17) is 5.11 Å². The van der Waals surface area contributed by atoms with Gasteiger partial charge in [-0.3, -0.25) is 0 Å². The summed E-state index contributed by atoms with van der Waals surface area (Å²) >= 11 is 0. The molecule has 0 saturated carbocycles. The molecule has 1 aromatic rings. The molecule has 0 aromatic heterocycles. The second kappa shape index (κ2) is 3.38. The molecule has 0 atom stereocenters. The van der Waals surface area contributed by atoms with E-state index in [2.05, 4.69) is 0 Å². The Bertz CT molecular complexity index is 304. The van der Waals surface area contributed by atoms with E-state index in [1.807, 2.05) is 0 Å². The molecular weight excluding hydrogens is 181 g/mol. The predicted molar refractivity (Wildman–Crippen MR) is 42.1 cm³/mol. The number of rotatable bonds is 1. The van der Waals surface area contributed by atoms with Crippen LogP contribution in [0.3, 0.4) is 0 Å². The second-order valence-corrected chi connectivity index (χ2v) is 2.81. The third-order valence-electron chi connectivity index (χ3n) is 1.78. The largest absolute Gasteiger partial charge is 0.416 e. The van der Waals surface area contributed by atoms with Crippen LogP contribution < -0.4 is 0 Å². The van der Waals surface area contributed by atoms with Crippen LogP contribution in [0.15, 0.2) is 18.2 Å². The summed E-state index contributed by atoms with van der Waals surface area (Å²) in [4.78, 5) is 0. The van der Waals surface area contributed by atoms with Gasteiger partial charge in [-0.2, -0.15) is 13.2 Å². The zero-order chi connectivity index (χ0) is 10.1. The number of aliphatic hydroxyl groups is 1. The SMILES string of the molecule is Cc1cc(CO)ccc1C(F)(F)F. The molecular formula is C9H9F3O. The van der Waals surface area contributed by atoms with Gasteiger partial charge in [-0.05, 0) is 24.1 Å². The van der Waals surface area contributed by atoms with E-state index >= 15 is 0 Å². The first kappa shape index (κ1) is 10.1. The lowest BCUT2D eigenvalue weighted by Gasteiger charge is -2.10. The fraction of sp³-hybridized carbons (Fsp3) is 0.333. The molecule has 0 radical (unpaired) electrons. The second-order valence-electron chi connectivity index (χ2n) is 2.81. The normalized spacial score (nSPS) is 11.8. The van der Waals surface area contributed by atoms with E-state index in [9.17, 15) is 13.2 Å². The summed E-state index contributed by atoms with van der Waals surface area (Å²) in [6.07, 6.45) is -4.31. The van der Waals surface area contributed by atoms with Crippen LogP contribution in [0, 0.1) is 6.92 Å². The summed E-state index contributed by atoms with van der Waals surface area (Å²) in [5.41, 5.74) is -0.0192. The molecule has 1 aromatic carbocycles. The van der Waals surface area contributed by atoms with Crippen molar-refractivity contribution in [1.82, 2.24) is 0 Å². The van der Waals surface area contributed by atoms with Crippen molar-refractivity contribution in [2.45, 2.75) is 19.7 Å². The highest BCUT2D eigenvalue weighted by Crippen LogP contribution is 2.31. The average molecular weight is 190 g/mol. The molecule has 1 nitrogen and oxygen atoms in total. The zero-order valence-corrected chi connectivity index (χ0v) is 7.02. The number of alkyl halides is 3. The minimum atomic E-state index is -4.31. The van der Waals surface area contributed by atoms with Gasteiger partial charge in [0.15, 0.2) is 0 Å². The topological polar surface area (TPSA) is 20.2 Å². The molecule has 0 fully saturated rings. The standard InChI is InChI=1S/C9H9F3O/c1-6-4-7(5-13)2-3-8(6)9(10,11)12/h2-4,13H,5H2,1H3. The highest BCUT2D eigenvalue weighted by atomic mass is 19.4. The van der Waals surface area contributed by atoms with Crippen molar-refractivity contribution < 1.29 is 18.3 Å². The smallest absolute Gasteiger partial charge is 0.392 e. The molecule has 13 heavy (non-hydrogen) atoms. The Hall–Kier alpha value is -1.03. The van der Waals surface area contributed by atoms with Gasteiger partial charge < -0.3 is 5.11 Å². The molecule has 1 rings (SSSR count). The summed E-state index contributed by atoms with van der Waals surface area (Å²) in [7, 11) is 0. The van der Waals surface area contributed by atoms with Gasteiger partial charge in [0, 0.05) is 0 Å². The van der Waals surface area contributed by atoms with Crippen LogP contribution in [-0.2, 0) is 12.8 Å². The van der Waals surface area contributed by atoms with Gasteiger partial charge in [0.1, 0.15) is 0 Å². The lowest BCUT2D eigenvalue weighted by atomic mass is 10.1. The minimum Gasteiger partial charge on any atom is -0.392 e. The van der Waals surface area contributed by atoms with E-state index in [-0.39, 0.29) is 12.2 Å². The quantitative estimate of drug-likeness (QED) is 0.721. The number of benzene rings is 1. The van der Waals surface area contributed by atoms with Crippen molar-refractivity contribution in [3.63, 3.8) is 0 Å². The van der Waals surface area contributed by atoms with E-state index in [1.165, 1.54) is 19.1 Å². The molecule has 0 aliphatic carbocycles. The molecule has 0 spiro atoms. The number of halogens is 3. The van der Waals surface area contributed by atoms with E-state index in [0.717, 1.165) is 6.07 Å². The van der Waals surface area contributed by atoms with Crippen LogP contribution >= 0.6 is 0 Å². The van der Waals surface area contributed by atoms with Gasteiger partial charge in [0.05, 0.1) is 12.2 Å². The van der Waals surface area contributed by atoms with Crippen LogP contribution in [0.5, 0.6) is 0 Å². The van der Waals surface area contributed by atoms with Gasteiger partial charge in [-0.1, -0.05) is 12.1 Å². The molecule has 0 saturated heterocycles. The molecule has 0 heterocycles. The lowest BCUT2D eigenvalue weighted by Crippen LogP contribution is -2.07. The molecule has 0 amide bonds. The Labute approximate surface area is 73.8 Å². The third-order valence-corrected chi connectivity index (χ3v) is 1.78. The maximum Gasteiger partial charge on any atom is 0.416 e. The Morgan fingerprint density at radius 2 is 1.92 bits per heavy atom. The monoisotopic (exact) mass is 190 g/mol. The van der Waals surface area contributed by atoms with Crippen LogP contribution in [0.4, 0.5) is 13.2 Å². The molecule has 0 aliphatic heterocycles. The Morgan fingerprint density at radius 1 is 1.31 bits per heavy atom. The van der Waals surface area contributed by atoms with Crippen LogP contribution in [0.1, 0.15) is 16.7 Å². The van der Waals surface area contributed by atoms with Crippen LogP contribution in [-0.4, -0.2) is 5.11 Å². The van der Waals surface area contributed by atoms with Crippen molar-refractivity contribution in [2.24, 2.45) is 0 Å². The first-order valence-corrected chi connectivity index (χ1v) is 3.72. The fourth-order valence-corrected chi connectivity index (χ4v) is 1.14. The Kier molecular flexibility index (Phi) is 2.61. The molecule has 0 bridgehead atoms. The number of hydrogen-bond donors (Lipinski definition) is 1. The van der Waals surface area contributed by atoms with Crippen molar-refractivity contribution in [3.05, 3.63) is 34.9 Å². The molecule has 1 N–H and O–H groups in total. The summed E-state index contributed by atoms with van der Waals surface area (Å²) < 4.78 is 36.7. The van der Waals surface area contributed by atoms with Crippen molar-refractivity contribution in [2.75, 3.05) is 0 Å². The van der Waals surface area contributed by atoms with Crippen LogP contribution in [0.25, 0.3) is 0 Å². The zero-order valence-electron chi connectivity index (χ0n) is 7.02. The van der Waals surface area contributed by atoms with Gasteiger partial charge in [-0.25, -0.2) is 0 Å². The molecule has 0 unspecified atom stereocenters. The first-order valence-electron chi connectivity index (χ1n) is 3.72. The highest BCUT2D eigenvalue weighted by molar-refractivity contribution is 5.32. The Balaban J connectivity index is 3.13. The van der Waals surface area contributed by atoms with Crippen LogP contribution in [0.2, 0.25) is 0 Å². The van der Waals surface area contributed by atoms with Gasteiger partial charge in [-0.15, -0.1) is 0 Å². The van der Waals surface area contributed by atoms with Gasteiger partial charge in [0.2, 0.25) is 0 Å². The summed E-state index contributed by atoms with van der Waals surface area (Å²) in [6, 6.07) is 3.60. The van der Waals surface area contributed by atoms with E-state index < -0.39 is 11.7 Å². The number of aliphatic hydroxyl groups excluding tert-OH is 1. The molecule has 0 aliphatic rings. The summed E-state index contributed by atoms with van der Waals surface area (Å²) in [5, 5.41) is 8.67. The first-order chi connectivity index (χ1) is 5.95. The number of aryl methyl sites for hydroxylation is 1. The summed E-state index contributed by atoms with van der Waals surface area (Å²) in [5.74, 6) is 0. The lowest BCUT2D eigenvalue weighted by molar-refractivity contribution is -0.138. The van der Waals surface area contributed by atoms with E-state index in [0.29, 0.717) is 5.56 Å². The fourth-order valence-electron chi connectivity index (χ4n) is 1.14. The van der Waals surface area contributed by atoms with Gasteiger partial charge in [0.25, 0.3) is 0 Å². The van der Waals surface area contributed by atoms with E-state index in [1.54, 1.807) is 0 Å². The highest BCUT2D eigenvalue weighted by Gasteiger charge is 2.31. The maximum absolute atomic E-state index is 12.2. The predicted octanol–water partition coefficient (Wildman–Crippen LogP) is 2.51. The minimum absolute atomic E-state index is 0.138. The average Bonchev–Trinajstić information content (AvgIpc) is 2.01. The third kappa shape index (κ3) is 2.21. The summed E-state index contributed by atoms with van der Waals surface area (Å²) in [6.45, 7) is 1.14. The Morgan fingerprint density at radius 3 is 2.31 bits per heavy atom. The maximum atomic E-state index is 12.2. The van der Waals surface area contributed by atoms with Gasteiger partial charge >= 0.3 is 6.18 Å².